The molecule has 1 aromatic rings. The van der Waals surface area contributed by atoms with E-state index in [9.17, 15) is 4.79 Å². The molecule has 0 N–H and O–H groups in total. The summed E-state index contributed by atoms with van der Waals surface area (Å²) >= 11 is 3.34. The smallest absolute Gasteiger partial charge is 0.214 e. The molecule has 0 fully saturated rings. The van der Waals surface area contributed by atoms with Crippen LogP contribution in [0.2, 0.25) is 0 Å². The Labute approximate surface area is 125 Å². The van der Waals surface area contributed by atoms with Gasteiger partial charge in [-0.15, -0.1) is 10.2 Å². The van der Waals surface area contributed by atoms with E-state index in [2.05, 4.69) is 44.4 Å². The van der Waals surface area contributed by atoms with E-state index in [0.717, 1.165) is 10.0 Å². The molecule has 0 bridgehead atoms. The van der Waals surface area contributed by atoms with Crippen LogP contribution in [-0.2, 0) is 0 Å². The zero-order valence-corrected chi connectivity index (χ0v) is 12.8. The van der Waals surface area contributed by atoms with Crippen LogP contribution >= 0.6 is 15.9 Å². The lowest BCUT2D eigenvalue weighted by Crippen LogP contribution is -2.25. The van der Waals surface area contributed by atoms with Crippen LogP contribution in [0.1, 0.15) is 29.8 Å². The molecular weight excluding hydrogens is 320 g/mol. The summed E-state index contributed by atoms with van der Waals surface area (Å²) in [6, 6.07) is 5.44. The van der Waals surface area contributed by atoms with Gasteiger partial charge in [-0.05, 0) is 12.1 Å². The maximum absolute atomic E-state index is 12.2. The van der Waals surface area contributed by atoms with E-state index in [1.54, 1.807) is 6.07 Å². The van der Waals surface area contributed by atoms with Crippen molar-refractivity contribution in [2.75, 3.05) is 0 Å². The van der Waals surface area contributed by atoms with Crippen molar-refractivity contribution in [2.24, 2.45) is 15.2 Å². The molecule has 3 rings (SSSR count). The van der Waals surface area contributed by atoms with Gasteiger partial charge in [0.15, 0.2) is 5.82 Å². The summed E-state index contributed by atoms with van der Waals surface area (Å²) in [7, 11) is 0. The molecule has 1 aliphatic heterocycles. The van der Waals surface area contributed by atoms with Crippen molar-refractivity contribution < 1.29 is 4.79 Å². The molecular formula is C14H13BrN4O. The van der Waals surface area contributed by atoms with Crippen molar-refractivity contribution in [1.82, 2.24) is 5.12 Å². The zero-order valence-electron chi connectivity index (χ0n) is 11.2. The number of aliphatic imine (C=N–C) groups is 1. The number of Topliss-reactive ketones (excluding diaryl/α,β-unsaturated/α-hetero) is 1. The molecule has 20 heavy (non-hydrogen) atoms. The fourth-order valence-corrected chi connectivity index (χ4v) is 2.28. The third-order valence-electron chi connectivity index (χ3n) is 2.72. The lowest BCUT2D eigenvalue weighted by Gasteiger charge is -2.17. The van der Waals surface area contributed by atoms with E-state index in [4.69, 9.17) is 0 Å². The van der Waals surface area contributed by atoms with Crippen molar-refractivity contribution in [3.63, 3.8) is 0 Å². The van der Waals surface area contributed by atoms with Crippen LogP contribution < -0.4 is 0 Å². The molecule has 0 spiro atoms. The quantitative estimate of drug-likeness (QED) is 0.741. The molecule has 6 heteroatoms. The Morgan fingerprint density at radius 2 is 1.95 bits per heavy atom. The van der Waals surface area contributed by atoms with Crippen LogP contribution in [0.5, 0.6) is 0 Å². The Bertz CT molecular complexity index is 676. The first kappa shape index (κ1) is 14.3. The van der Waals surface area contributed by atoms with Crippen LogP contribution in [-0.4, -0.2) is 29.0 Å². The highest BCUT2D eigenvalue weighted by Crippen LogP contribution is 2.28. The largest absolute Gasteiger partial charge is 0.287 e. The third-order valence-corrected chi connectivity index (χ3v) is 3.21. The van der Waals surface area contributed by atoms with E-state index in [0.29, 0.717) is 17.0 Å². The van der Waals surface area contributed by atoms with E-state index in [1.165, 1.54) is 5.12 Å². The van der Waals surface area contributed by atoms with Crippen LogP contribution in [0.3, 0.4) is 0 Å². The maximum atomic E-state index is 12.2. The van der Waals surface area contributed by atoms with E-state index in [-0.39, 0.29) is 11.6 Å². The monoisotopic (exact) mass is 332 g/mol. The minimum Gasteiger partial charge on any atom is -0.287 e. The van der Waals surface area contributed by atoms with Crippen molar-refractivity contribution in [3.8, 4) is 0 Å². The molecule has 1 aliphatic carbocycles. The Hall–Kier alpha value is -2.08. The predicted octanol–water partition coefficient (Wildman–Crippen LogP) is 3.22. The van der Waals surface area contributed by atoms with Crippen molar-refractivity contribution in [1.29, 1.82) is 0 Å². The summed E-state index contributed by atoms with van der Waals surface area (Å²) in [4.78, 5) is 16.3. The van der Waals surface area contributed by atoms with Gasteiger partial charge in [-0.2, -0.15) is 5.10 Å². The second kappa shape index (κ2) is 5.50. The number of ketones is 1. The highest BCUT2D eigenvalue weighted by molar-refractivity contribution is 9.10. The van der Waals surface area contributed by atoms with Crippen LogP contribution in [0.25, 0.3) is 0 Å². The van der Waals surface area contributed by atoms with Gasteiger partial charge >= 0.3 is 0 Å². The number of carbonyl (C=O) groups is 1. The molecule has 2 aliphatic rings. The topological polar surface area (TPSA) is 57.4 Å². The number of fused-ring (bicyclic) bond motifs is 3. The lowest BCUT2D eigenvalue weighted by molar-refractivity contribution is 0.106. The highest BCUT2D eigenvalue weighted by atomic mass is 79.9. The second-order valence-electron chi connectivity index (χ2n) is 3.78. The molecule has 0 atom stereocenters. The SMILES string of the molecule is C=NN1N=C2C(=NC1=C)C(=O)c1cc(Br)ccc12.CC. The molecule has 0 aromatic heterocycles. The number of benzene rings is 1. The summed E-state index contributed by atoms with van der Waals surface area (Å²) in [5, 5.41) is 9.10. The molecule has 1 aromatic carbocycles. The number of halogens is 1. The van der Waals surface area contributed by atoms with Crippen LogP contribution in [0, 0.1) is 0 Å². The van der Waals surface area contributed by atoms with Crippen molar-refractivity contribution >= 4 is 39.9 Å². The first-order valence-electron chi connectivity index (χ1n) is 6.10. The van der Waals surface area contributed by atoms with Gasteiger partial charge in [0.05, 0.1) is 0 Å². The average molecular weight is 333 g/mol. The lowest BCUT2D eigenvalue weighted by atomic mass is 10.1. The van der Waals surface area contributed by atoms with Crippen LogP contribution in [0.4, 0.5) is 0 Å². The maximum Gasteiger partial charge on any atom is 0.214 e. The molecule has 0 saturated carbocycles. The molecule has 102 valence electrons. The Balaban J connectivity index is 0.000000704. The number of hydrogen-bond donors (Lipinski definition) is 0. The third kappa shape index (κ3) is 2.12. The minimum atomic E-state index is -0.144. The van der Waals surface area contributed by atoms with Gasteiger partial charge in [-0.1, -0.05) is 42.4 Å². The summed E-state index contributed by atoms with van der Waals surface area (Å²) in [5.41, 5.74) is 2.17. The summed E-state index contributed by atoms with van der Waals surface area (Å²) in [6.07, 6.45) is 0. The summed E-state index contributed by atoms with van der Waals surface area (Å²) < 4.78 is 0.840. The predicted molar refractivity (Wildman–Crippen MR) is 84.3 cm³/mol. The van der Waals surface area contributed by atoms with E-state index >= 15 is 0 Å². The zero-order chi connectivity index (χ0) is 14.9. The molecule has 1 heterocycles. The fraction of sp³-hybridized carbons (Fsp3) is 0.143. The number of nitrogens with zero attached hydrogens (tertiary/aromatic N) is 4. The Morgan fingerprint density at radius 1 is 1.25 bits per heavy atom. The van der Waals surface area contributed by atoms with Crippen molar-refractivity contribution in [2.45, 2.75) is 13.8 Å². The second-order valence-corrected chi connectivity index (χ2v) is 4.69. The van der Waals surface area contributed by atoms with E-state index in [1.807, 2.05) is 26.0 Å². The minimum absolute atomic E-state index is 0.144. The Morgan fingerprint density at radius 3 is 2.60 bits per heavy atom. The standard InChI is InChI=1S/C12H7BrN4O.C2H6/c1-6-15-11-10(16-17(6)14-2)8-4-3-7(13)5-9(8)12(11)18;1-2/h3-5H,1-2H2;1-2H3. The molecule has 0 radical (unpaired) electrons. The van der Waals surface area contributed by atoms with E-state index < -0.39 is 0 Å². The van der Waals surface area contributed by atoms with Gasteiger partial charge < -0.3 is 0 Å². The number of carbonyl (C=O) groups excluding carboxylic acids is 1. The number of hydrogen-bond acceptors (Lipinski definition) is 5. The fourth-order valence-electron chi connectivity index (χ4n) is 1.92. The van der Waals surface area contributed by atoms with Gasteiger partial charge in [0.1, 0.15) is 11.4 Å². The van der Waals surface area contributed by atoms with Crippen LogP contribution in [0.15, 0.2) is 50.3 Å². The number of rotatable bonds is 1. The van der Waals surface area contributed by atoms with Gasteiger partial charge in [0.25, 0.3) is 0 Å². The number of hydrazone groups is 2. The first-order valence-corrected chi connectivity index (χ1v) is 6.89. The Kier molecular flexibility index (Phi) is 3.94. The summed E-state index contributed by atoms with van der Waals surface area (Å²) in [6.45, 7) is 11.1. The van der Waals surface area contributed by atoms with Gasteiger partial charge in [-0.3, -0.25) is 4.79 Å². The molecule has 0 unspecified atom stereocenters. The molecule has 0 saturated heterocycles. The molecule has 5 nitrogen and oxygen atoms in total. The van der Waals surface area contributed by atoms with Crippen molar-refractivity contribution in [3.05, 3.63) is 46.2 Å². The van der Waals surface area contributed by atoms with Gasteiger partial charge in [0, 0.05) is 22.3 Å². The molecule has 0 amide bonds. The first-order chi connectivity index (χ1) is 9.61. The van der Waals surface area contributed by atoms with Gasteiger partial charge in [0.2, 0.25) is 5.78 Å². The summed E-state index contributed by atoms with van der Waals surface area (Å²) in [5.74, 6) is 0.138. The highest BCUT2D eigenvalue weighted by Gasteiger charge is 2.36. The normalized spacial score (nSPS) is 15.7. The average Bonchev–Trinajstić information content (AvgIpc) is 2.73. The van der Waals surface area contributed by atoms with Gasteiger partial charge in [-0.25, -0.2) is 4.99 Å².